The van der Waals surface area contributed by atoms with Crippen molar-refractivity contribution < 1.29 is 4.39 Å². The van der Waals surface area contributed by atoms with Gasteiger partial charge in [-0.1, -0.05) is 12.1 Å². The first kappa shape index (κ1) is 13.1. The third kappa shape index (κ3) is 2.67. The molecule has 2 nitrogen and oxygen atoms in total. The average Bonchev–Trinajstić information content (AvgIpc) is 2.63. The highest BCUT2D eigenvalue weighted by molar-refractivity contribution is 5.19. The van der Waals surface area contributed by atoms with Crippen LogP contribution in [-0.2, 0) is 0 Å². The van der Waals surface area contributed by atoms with Gasteiger partial charge in [0.05, 0.1) is 0 Å². The number of hydrogen-bond acceptors (Lipinski definition) is 2. The zero-order valence-corrected chi connectivity index (χ0v) is 11.8. The summed E-state index contributed by atoms with van der Waals surface area (Å²) in [5, 5.41) is 3.73. The van der Waals surface area contributed by atoms with Gasteiger partial charge in [-0.2, -0.15) is 0 Å². The molecular weight excluding hydrogens is 239 g/mol. The van der Waals surface area contributed by atoms with Gasteiger partial charge in [-0.3, -0.25) is 0 Å². The fourth-order valence-corrected chi connectivity index (χ4v) is 3.75. The fraction of sp³-hybridized carbons (Fsp3) is 0.625. The van der Waals surface area contributed by atoms with E-state index < -0.39 is 0 Å². The van der Waals surface area contributed by atoms with Crippen molar-refractivity contribution in [3.63, 3.8) is 0 Å². The highest BCUT2D eigenvalue weighted by atomic mass is 19.1. The van der Waals surface area contributed by atoms with Gasteiger partial charge in [-0.05, 0) is 57.4 Å². The molecule has 2 aliphatic heterocycles. The van der Waals surface area contributed by atoms with E-state index in [1.165, 1.54) is 31.2 Å². The molecule has 19 heavy (non-hydrogen) atoms. The maximum atomic E-state index is 12.9. The van der Waals surface area contributed by atoms with Crippen LogP contribution in [0.4, 0.5) is 4.39 Å². The van der Waals surface area contributed by atoms with Crippen LogP contribution in [0.2, 0.25) is 0 Å². The van der Waals surface area contributed by atoms with Gasteiger partial charge in [0, 0.05) is 24.2 Å². The number of hydrogen-bond donors (Lipinski definition) is 1. The monoisotopic (exact) mass is 262 g/mol. The van der Waals surface area contributed by atoms with Gasteiger partial charge in [0.15, 0.2) is 0 Å². The molecule has 1 N–H and O–H groups in total. The summed E-state index contributed by atoms with van der Waals surface area (Å²) in [5.74, 6) is -0.159. The molecule has 1 aromatic rings. The molecule has 0 spiro atoms. The Hall–Kier alpha value is -0.930. The van der Waals surface area contributed by atoms with E-state index in [4.69, 9.17) is 0 Å². The Balaban J connectivity index is 1.61. The van der Waals surface area contributed by atoms with Crippen LogP contribution in [0.25, 0.3) is 0 Å². The van der Waals surface area contributed by atoms with Gasteiger partial charge in [-0.15, -0.1) is 0 Å². The second-order valence-corrected chi connectivity index (χ2v) is 6.16. The number of nitrogens with one attached hydrogen (secondary N) is 1. The van der Waals surface area contributed by atoms with Crippen LogP contribution in [-0.4, -0.2) is 30.1 Å². The first-order valence-electron chi connectivity index (χ1n) is 7.37. The van der Waals surface area contributed by atoms with E-state index in [0.717, 1.165) is 12.1 Å². The van der Waals surface area contributed by atoms with E-state index >= 15 is 0 Å². The third-order valence-corrected chi connectivity index (χ3v) is 4.95. The van der Waals surface area contributed by atoms with Crippen molar-refractivity contribution in [2.75, 3.05) is 7.05 Å². The Morgan fingerprint density at radius 1 is 1.16 bits per heavy atom. The molecule has 0 amide bonds. The van der Waals surface area contributed by atoms with E-state index in [1.54, 1.807) is 12.1 Å². The van der Waals surface area contributed by atoms with Crippen LogP contribution < -0.4 is 5.32 Å². The van der Waals surface area contributed by atoms with E-state index in [0.29, 0.717) is 12.1 Å². The van der Waals surface area contributed by atoms with E-state index in [2.05, 4.69) is 24.2 Å². The van der Waals surface area contributed by atoms with Crippen LogP contribution >= 0.6 is 0 Å². The molecular formula is C16H23FN2. The first-order valence-corrected chi connectivity index (χ1v) is 7.37. The number of piperidine rings is 1. The van der Waals surface area contributed by atoms with Crippen LogP contribution in [0.1, 0.15) is 44.2 Å². The van der Waals surface area contributed by atoms with Crippen LogP contribution in [0, 0.1) is 5.82 Å². The van der Waals surface area contributed by atoms with Gasteiger partial charge < -0.3 is 10.2 Å². The molecule has 2 saturated heterocycles. The minimum Gasteiger partial charge on any atom is -0.307 e. The highest BCUT2D eigenvalue weighted by Gasteiger charge is 2.38. The molecule has 3 atom stereocenters. The summed E-state index contributed by atoms with van der Waals surface area (Å²) in [6, 6.07) is 9.29. The van der Waals surface area contributed by atoms with Crippen molar-refractivity contribution in [3.05, 3.63) is 35.6 Å². The maximum Gasteiger partial charge on any atom is 0.123 e. The van der Waals surface area contributed by atoms with Crippen LogP contribution in [0.3, 0.4) is 0 Å². The second-order valence-electron chi connectivity index (χ2n) is 6.16. The van der Waals surface area contributed by atoms with Crippen molar-refractivity contribution >= 4 is 0 Å². The lowest BCUT2D eigenvalue weighted by Crippen LogP contribution is -2.47. The van der Waals surface area contributed by atoms with Crippen molar-refractivity contribution in [1.29, 1.82) is 0 Å². The lowest BCUT2D eigenvalue weighted by atomic mass is 9.96. The van der Waals surface area contributed by atoms with Crippen molar-refractivity contribution in [1.82, 2.24) is 10.2 Å². The lowest BCUT2D eigenvalue weighted by molar-refractivity contribution is 0.144. The van der Waals surface area contributed by atoms with Gasteiger partial charge in [0.2, 0.25) is 0 Å². The number of halogens is 1. The van der Waals surface area contributed by atoms with E-state index in [9.17, 15) is 4.39 Å². The largest absolute Gasteiger partial charge is 0.307 e. The van der Waals surface area contributed by atoms with Gasteiger partial charge in [0.25, 0.3) is 0 Å². The maximum absolute atomic E-state index is 12.9. The first-order chi connectivity index (χ1) is 9.13. The molecule has 3 heteroatoms. The number of fused-ring (bicyclic) bond motifs is 2. The summed E-state index contributed by atoms with van der Waals surface area (Å²) in [4.78, 5) is 2.56. The van der Waals surface area contributed by atoms with Gasteiger partial charge in [-0.25, -0.2) is 4.39 Å². The molecule has 0 aromatic heterocycles. The van der Waals surface area contributed by atoms with E-state index in [1.807, 2.05) is 12.1 Å². The molecule has 2 heterocycles. The number of benzene rings is 1. The van der Waals surface area contributed by atoms with E-state index in [-0.39, 0.29) is 5.82 Å². The Morgan fingerprint density at radius 3 is 2.32 bits per heavy atom. The molecule has 0 saturated carbocycles. The Bertz CT molecular complexity index is 417. The minimum atomic E-state index is -0.159. The summed E-state index contributed by atoms with van der Waals surface area (Å²) < 4.78 is 12.9. The molecule has 104 valence electrons. The van der Waals surface area contributed by atoms with Crippen molar-refractivity contribution in [2.24, 2.45) is 0 Å². The predicted octanol–water partition coefficient (Wildman–Crippen LogP) is 3.10. The fourth-order valence-electron chi connectivity index (χ4n) is 3.75. The minimum absolute atomic E-state index is 0.159. The zero-order valence-electron chi connectivity index (χ0n) is 11.8. The van der Waals surface area contributed by atoms with Crippen molar-refractivity contribution in [2.45, 2.75) is 56.8 Å². The van der Waals surface area contributed by atoms with Crippen LogP contribution in [0.15, 0.2) is 24.3 Å². The lowest BCUT2D eigenvalue weighted by Gasteiger charge is -2.38. The average molecular weight is 262 g/mol. The van der Waals surface area contributed by atoms with Crippen LogP contribution in [0.5, 0.6) is 0 Å². The quantitative estimate of drug-likeness (QED) is 0.900. The summed E-state index contributed by atoms with van der Waals surface area (Å²) in [6.07, 6.45) is 5.20. The molecule has 3 rings (SSSR count). The summed E-state index contributed by atoms with van der Waals surface area (Å²) in [6.45, 7) is 2.17. The normalized spacial score (nSPS) is 32.5. The summed E-state index contributed by atoms with van der Waals surface area (Å²) >= 11 is 0. The molecule has 2 bridgehead atoms. The zero-order chi connectivity index (χ0) is 13.4. The molecule has 0 aliphatic carbocycles. The standard InChI is InChI=1S/C16H23FN2/c1-11(12-3-5-13(17)6-4-12)18-14-9-15-7-8-16(10-14)19(15)2/h3-6,11,14-16,18H,7-10H2,1-2H3/t11-,14?,15?,16?/m0/s1. The third-order valence-electron chi connectivity index (χ3n) is 4.95. The molecule has 2 fully saturated rings. The van der Waals surface area contributed by atoms with Gasteiger partial charge in [0.1, 0.15) is 5.82 Å². The topological polar surface area (TPSA) is 15.3 Å². The number of rotatable bonds is 3. The molecule has 2 unspecified atom stereocenters. The summed E-state index contributed by atoms with van der Waals surface area (Å²) in [7, 11) is 2.27. The number of nitrogens with zero attached hydrogens (tertiary/aromatic N) is 1. The SMILES string of the molecule is C[C@H](NC1CC2CCC(C1)N2C)c1ccc(F)cc1. The molecule has 1 aromatic carbocycles. The molecule has 2 aliphatic rings. The summed E-state index contributed by atoms with van der Waals surface area (Å²) in [5.41, 5.74) is 1.17. The molecule has 0 radical (unpaired) electrons. The highest BCUT2D eigenvalue weighted by Crippen LogP contribution is 2.34. The van der Waals surface area contributed by atoms with Gasteiger partial charge >= 0.3 is 0 Å². The Morgan fingerprint density at radius 2 is 1.74 bits per heavy atom. The second kappa shape index (κ2) is 5.22. The smallest absolute Gasteiger partial charge is 0.123 e. The Labute approximate surface area is 115 Å². The van der Waals surface area contributed by atoms with Crippen molar-refractivity contribution in [3.8, 4) is 0 Å². The predicted molar refractivity (Wildman–Crippen MR) is 75.5 cm³/mol. The Kier molecular flexibility index (Phi) is 3.59.